The average Bonchev–Trinajstić information content (AvgIpc) is 1.64. The van der Waals surface area contributed by atoms with E-state index in [0.717, 1.165) is 0 Å². The van der Waals surface area contributed by atoms with Gasteiger partial charge in [-0.05, 0) is 20.3 Å². The highest BCUT2D eigenvalue weighted by molar-refractivity contribution is 6.25. The lowest BCUT2D eigenvalue weighted by Gasteiger charge is -2.24. The Balaban J connectivity index is 3.43. The average molecular weight is 162 g/mol. The minimum absolute atomic E-state index is 0.195. The maximum absolute atomic E-state index is 5.63. The molecular weight excluding hydrogens is 144 g/mol. The zero-order valence-corrected chi connectivity index (χ0v) is 10.4. The van der Waals surface area contributed by atoms with Crippen LogP contribution in [0.5, 0.6) is 0 Å². The van der Waals surface area contributed by atoms with Gasteiger partial charge in [-0.3, -0.25) is 0 Å². The van der Waals surface area contributed by atoms with E-state index >= 15 is 0 Å². The van der Waals surface area contributed by atoms with Gasteiger partial charge in [-0.2, -0.15) is 0 Å². The number of hydrogen-bond acceptors (Lipinski definition) is 1. The van der Waals surface area contributed by atoms with Gasteiger partial charge < -0.3 is 4.43 Å². The summed E-state index contributed by atoms with van der Waals surface area (Å²) >= 11 is 0. The molecule has 0 saturated heterocycles. The molecule has 0 rings (SSSR count). The maximum atomic E-state index is 5.63. The fourth-order valence-electron chi connectivity index (χ4n) is 1.06. The van der Waals surface area contributed by atoms with Crippen LogP contribution in [-0.4, -0.2) is 25.6 Å². The molecule has 0 unspecified atom stereocenters. The summed E-state index contributed by atoms with van der Waals surface area (Å²) in [5, 5.41) is 0. The molecule has 0 radical (unpaired) electrons. The summed E-state index contributed by atoms with van der Waals surface area (Å²) in [6.07, 6.45) is 1.25. The third-order valence-electron chi connectivity index (χ3n) is 1.39. The first-order valence-corrected chi connectivity index (χ1v) is 7.17. The molecule has 0 bridgehead atoms. The minimum atomic E-state index is -0.195. The second kappa shape index (κ2) is 4.25. The molecule has 0 aromatic rings. The molecule has 0 saturated carbocycles. The molecule has 0 aliphatic carbocycles. The third kappa shape index (κ3) is 4.87. The molecule has 0 aliphatic rings. The largest absolute Gasteiger partial charge is 0.419 e. The highest BCUT2D eigenvalue weighted by Gasteiger charge is 2.14. The van der Waals surface area contributed by atoms with E-state index in [1.54, 1.807) is 0 Å². The second-order valence-electron chi connectivity index (χ2n) is 2.94. The van der Waals surface area contributed by atoms with Crippen molar-refractivity contribution in [1.82, 2.24) is 0 Å². The molecule has 0 atom stereocenters. The van der Waals surface area contributed by atoms with Crippen molar-refractivity contribution < 1.29 is 4.43 Å². The van der Waals surface area contributed by atoms with Crippen LogP contribution in [0.4, 0.5) is 0 Å². The first kappa shape index (κ1) is 9.39. The van der Waals surface area contributed by atoms with Crippen LogP contribution in [0.15, 0.2) is 0 Å². The fraction of sp³-hybridized carbons (Fsp3) is 1.00. The van der Waals surface area contributed by atoms with Gasteiger partial charge in [-0.1, -0.05) is 12.6 Å². The van der Waals surface area contributed by atoms with Crippen LogP contribution < -0.4 is 0 Å². The van der Waals surface area contributed by atoms with Gasteiger partial charge in [-0.15, -0.1) is 0 Å². The van der Waals surface area contributed by atoms with Crippen LogP contribution >= 0.6 is 0 Å². The Morgan fingerprint density at radius 3 is 2.44 bits per heavy atom. The zero-order chi connectivity index (χ0) is 7.33. The van der Waals surface area contributed by atoms with E-state index in [-0.39, 0.29) is 15.4 Å². The van der Waals surface area contributed by atoms with Crippen LogP contribution in [0.1, 0.15) is 20.3 Å². The summed E-state index contributed by atoms with van der Waals surface area (Å²) < 4.78 is 5.63. The van der Waals surface area contributed by atoms with Crippen LogP contribution in [0.25, 0.3) is 0 Å². The Morgan fingerprint density at radius 2 is 2.11 bits per heavy atom. The van der Waals surface area contributed by atoms with E-state index in [2.05, 4.69) is 20.4 Å². The Hall–Kier alpha value is 0.394. The molecular formula is C6H18OSi2. The van der Waals surface area contributed by atoms with E-state index in [0.29, 0.717) is 0 Å². The van der Waals surface area contributed by atoms with Crippen molar-refractivity contribution >= 4 is 20.0 Å². The summed E-state index contributed by atoms with van der Waals surface area (Å²) in [6.45, 7) is 6.58. The van der Waals surface area contributed by atoms with Crippen LogP contribution in [-0.2, 0) is 4.43 Å². The molecule has 0 amide bonds. The Bertz CT molecular complexity index is 65.5. The van der Waals surface area contributed by atoms with Crippen molar-refractivity contribution in [3.63, 3.8) is 0 Å². The molecule has 0 spiro atoms. The Morgan fingerprint density at radius 1 is 1.56 bits per heavy atom. The van der Waals surface area contributed by atoms with E-state index in [1.807, 2.05) is 0 Å². The van der Waals surface area contributed by atoms with Crippen molar-refractivity contribution in [2.45, 2.75) is 38.5 Å². The van der Waals surface area contributed by atoms with Gasteiger partial charge in [-0.25, -0.2) is 0 Å². The van der Waals surface area contributed by atoms with E-state index in [4.69, 9.17) is 4.43 Å². The molecule has 0 aliphatic heterocycles. The van der Waals surface area contributed by atoms with Gasteiger partial charge in [0.1, 0.15) is 0 Å². The van der Waals surface area contributed by atoms with Gasteiger partial charge in [0.25, 0.3) is 0 Å². The topological polar surface area (TPSA) is 9.23 Å². The van der Waals surface area contributed by atoms with Gasteiger partial charge in [0, 0.05) is 15.8 Å². The van der Waals surface area contributed by atoms with Crippen LogP contribution in [0.3, 0.4) is 0 Å². The summed E-state index contributed by atoms with van der Waals surface area (Å²) in [7, 11) is 1.12. The van der Waals surface area contributed by atoms with Gasteiger partial charge in [0.05, 0.1) is 0 Å². The smallest absolute Gasteiger partial charge is 0.159 e. The molecule has 0 fully saturated rings. The van der Waals surface area contributed by atoms with Crippen molar-refractivity contribution in [1.29, 1.82) is 0 Å². The number of rotatable bonds is 4. The predicted octanol–water partition coefficient (Wildman–Crippen LogP) is 0.0873. The van der Waals surface area contributed by atoms with Gasteiger partial charge in [0.2, 0.25) is 0 Å². The quantitative estimate of drug-likeness (QED) is 0.532. The fourth-order valence-corrected chi connectivity index (χ4v) is 3.19. The second-order valence-corrected chi connectivity index (χ2v) is 4.81. The standard InChI is InChI=1S/C6H18OSi2/c1-6(2,4-5-8)7-9-3/h4-5,9H2,1-3,8H3. The number of hydrogen-bond donors (Lipinski definition) is 0. The summed E-state index contributed by atoms with van der Waals surface area (Å²) in [4.78, 5) is 0. The third-order valence-corrected chi connectivity index (χ3v) is 2.96. The summed E-state index contributed by atoms with van der Waals surface area (Å²) in [6, 6.07) is 1.36. The molecule has 0 N–H and O–H groups in total. The van der Waals surface area contributed by atoms with Crippen LogP contribution in [0.2, 0.25) is 12.6 Å². The Labute approximate surface area is 63.5 Å². The first-order chi connectivity index (χ1) is 4.12. The van der Waals surface area contributed by atoms with Gasteiger partial charge in [0.15, 0.2) is 9.76 Å². The molecule has 0 heterocycles. The molecule has 56 valence electrons. The minimum Gasteiger partial charge on any atom is -0.419 e. The van der Waals surface area contributed by atoms with E-state index < -0.39 is 0 Å². The van der Waals surface area contributed by atoms with Crippen molar-refractivity contribution in [3.05, 3.63) is 0 Å². The lowest BCUT2D eigenvalue weighted by molar-refractivity contribution is 0.113. The van der Waals surface area contributed by atoms with Crippen molar-refractivity contribution in [2.75, 3.05) is 0 Å². The molecule has 3 heteroatoms. The lowest BCUT2D eigenvalue weighted by Crippen LogP contribution is -2.24. The monoisotopic (exact) mass is 162 g/mol. The van der Waals surface area contributed by atoms with Crippen molar-refractivity contribution in [3.8, 4) is 0 Å². The maximum Gasteiger partial charge on any atom is 0.159 e. The predicted molar refractivity (Wildman–Crippen MR) is 48.9 cm³/mol. The molecule has 9 heavy (non-hydrogen) atoms. The van der Waals surface area contributed by atoms with Gasteiger partial charge >= 0.3 is 0 Å². The summed E-state index contributed by atoms with van der Waals surface area (Å²) in [5.74, 6) is 0. The lowest BCUT2D eigenvalue weighted by atomic mass is 10.1. The highest BCUT2D eigenvalue weighted by atomic mass is 28.2. The van der Waals surface area contributed by atoms with E-state index in [1.165, 1.54) is 22.7 Å². The molecule has 1 nitrogen and oxygen atoms in total. The summed E-state index contributed by atoms with van der Waals surface area (Å²) in [5.41, 5.74) is 0.197. The molecule has 0 aromatic carbocycles. The zero-order valence-electron chi connectivity index (χ0n) is 7.03. The Kier molecular flexibility index (Phi) is 4.43. The van der Waals surface area contributed by atoms with E-state index in [9.17, 15) is 0 Å². The molecule has 0 aromatic heterocycles. The normalized spacial score (nSPS) is 13.7. The van der Waals surface area contributed by atoms with Crippen LogP contribution in [0, 0.1) is 0 Å². The van der Waals surface area contributed by atoms with Crippen molar-refractivity contribution in [2.24, 2.45) is 0 Å². The SMILES string of the molecule is C[SiH2]OC(C)(C)CC[SiH3]. The highest BCUT2D eigenvalue weighted by Crippen LogP contribution is 2.14. The first-order valence-electron chi connectivity index (χ1n) is 3.76.